The zero-order chi connectivity index (χ0) is 13.2. The molecule has 0 heterocycles. The van der Waals surface area contributed by atoms with Crippen LogP contribution >= 0.6 is 0 Å². The van der Waals surface area contributed by atoms with Gasteiger partial charge in [-0.2, -0.15) is 5.26 Å². The number of hydrogen-bond donors (Lipinski definition) is 1. The van der Waals surface area contributed by atoms with Crippen molar-refractivity contribution in [3.05, 3.63) is 0 Å². The molecule has 0 saturated heterocycles. The van der Waals surface area contributed by atoms with E-state index in [1.807, 2.05) is 0 Å². The highest BCUT2D eigenvalue weighted by Crippen LogP contribution is 2.36. The van der Waals surface area contributed by atoms with E-state index in [-0.39, 0.29) is 5.54 Å². The second-order valence-corrected chi connectivity index (χ2v) is 6.34. The van der Waals surface area contributed by atoms with Gasteiger partial charge in [0.2, 0.25) is 0 Å². The summed E-state index contributed by atoms with van der Waals surface area (Å²) < 4.78 is 0. The van der Waals surface area contributed by atoms with Crippen molar-refractivity contribution >= 4 is 0 Å². The van der Waals surface area contributed by atoms with Crippen LogP contribution in [0.25, 0.3) is 0 Å². The van der Waals surface area contributed by atoms with Crippen LogP contribution in [0.15, 0.2) is 0 Å². The van der Waals surface area contributed by atoms with Crippen LogP contribution in [0.1, 0.15) is 59.3 Å². The highest BCUT2D eigenvalue weighted by atomic mass is 15.2. The molecule has 2 aliphatic rings. The van der Waals surface area contributed by atoms with E-state index in [4.69, 9.17) is 0 Å². The summed E-state index contributed by atoms with van der Waals surface area (Å²) in [6.45, 7) is 7.95. The Morgan fingerprint density at radius 1 is 1.39 bits per heavy atom. The molecule has 18 heavy (non-hydrogen) atoms. The standard InChI is InChI=1S/C15H27N3/c1-4-9-18(12(2)3)14-7-8-15(10-14,11-16)17-13-5-6-13/h12-14,17H,4-10H2,1-3H3. The molecule has 0 aromatic rings. The Balaban J connectivity index is 1.98. The zero-order valence-electron chi connectivity index (χ0n) is 12.1. The largest absolute Gasteiger partial charge is 0.298 e. The number of rotatable bonds is 6. The maximum Gasteiger partial charge on any atom is 0.108 e. The van der Waals surface area contributed by atoms with Gasteiger partial charge in [-0.25, -0.2) is 0 Å². The summed E-state index contributed by atoms with van der Waals surface area (Å²) in [4.78, 5) is 2.59. The van der Waals surface area contributed by atoms with E-state index < -0.39 is 0 Å². The number of nitrogens with one attached hydrogen (secondary N) is 1. The fourth-order valence-electron chi connectivity index (χ4n) is 3.31. The van der Waals surface area contributed by atoms with E-state index in [0.717, 1.165) is 19.4 Å². The Bertz CT molecular complexity index is 316. The lowest BCUT2D eigenvalue weighted by molar-refractivity contribution is 0.150. The smallest absolute Gasteiger partial charge is 0.108 e. The molecule has 2 atom stereocenters. The van der Waals surface area contributed by atoms with Crippen molar-refractivity contribution in [1.82, 2.24) is 10.2 Å². The van der Waals surface area contributed by atoms with Crippen molar-refractivity contribution < 1.29 is 0 Å². The molecule has 0 amide bonds. The van der Waals surface area contributed by atoms with Crippen molar-refractivity contribution in [2.24, 2.45) is 0 Å². The molecule has 1 N–H and O–H groups in total. The van der Waals surface area contributed by atoms with Crippen LogP contribution in [0.2, 0.25) is 0 Å². The predicted octanol–water partition coefficient (Wildman–Crippen LogP) is 2.67. The van der Waals surface area contributed by atoms with E-state index in [1.165, 1.54) is 25.7 Å². The van der Waals surface area contributed by atoms with Gasteiger partial charge in [-0.3, -0.25) is 10.2 Å². The van der Waals surface area contributed by atoms with Crippen molar-refractivity contribution in [1.29, 1.82) is 5.26 Å². The lowest BCUT2D eigenvalue weighted by Crippen LogP contribution is -2.46. The average Bonchev–Trinajstić information content (AvgIpc) is 3.05. The second-order valence-electron chi connectivity index (χ2n) is 6.34. The van der Waals surface area contributed by atoms with E-state index in [0.29, 0.717) is 18.1 Å². The van der Waals surface area contributed by atoms with E-state index in [2.05, 4.69) is 37.1 Å². The lowest BCUT2D eigenvalue weighted by atomic mass is 9.98. The van der Waals surface area contributed by atoms with Crippen molar-refractivity contribution in [3.63, 3.8) is 0 Å². The third-order valence-corrected chi connectivity index (χ3v) is 4.37. The van der Waals surface area contributed by atoms with Gasteiger partial charge in [0.05, 0.1) is 6.07 Å². The zero-order valence-corrected chi connectivity index (χ0v) is 12.1. The average molecular weight is 249 g/mol. The molecular formula is C15H27N3. The van der Waals surface area contributed by atoms with Crippen LogP contribution in [0.4, 0.5) is 0 Å². The van der Waals surface area contributed by atoms with Gasteiger partial charge in [0.25, 0.3) is 0 Å². The minimum Gasteiger partial charge on any atom is -0.298 e. The minimum atomic E-state index is -0.229. The first kappa shape index (κ1) is 13.8. The normalized spacial score (nSPS) is 32.1. The fraction of sp³-hybridized carbons (Fsp3) is 0.933. The van der Waals surface area contributed by atoms with Gasteiger partial charge < -0.3 is 0 Å². The van der Waals surface area contributed by atoms with E-state index >= 15 is 0 Å². The molecule has 0 spiro atoms. The van der Waals surface area contributed by atoms with Gasteiger partial charge >= 0.3 is 0 Å². The molecule has 0 bridgehead atoms. The van der Waals surface area contributed by atoms with Crippen LogP contribution in [0.3, 0.4) is 0 Å². The van der Waals surface area contributed by atoms with Crippen molar-refractivity contribution in [2.45, 2.75) is 83.0 Å². The number of nitrogens with zero attached hydrogens (tertiary/aromatic N) is 2. The Hall–Kier alpha value is -0.590. The van der Waals surface area contributed by atoms with Gasteiger partial charge in [-0.15, -0.1) is 0 Å². The minimum absolute atomic E-state index is 0.229. The molecule has 0 aliphatic heterocycles. The van der Waals surface area contributed by atoms with E-state index in [9.17, 15) is 5.26 Å². The topological polar surface area (TPSA) is 39.1 Å². The SMILES string of the molecule is CCCN(C(C)C)C1CCC(C#N)(NC2CC2)C1. The van der Waals surface area contributed by atoms with Gasteiger partial charge in [0, 0.05) is 18.1 Å². The van der Waals surface area contributed by atoms with Crippen molar-refractivity contribution in [3.8, 4) is 6.07 Å². The van der Waals surface area contributed by atoms with Crippen LogP contribution in [0, 0.1) is 11.3 Å². The summed E-state index contributed by atoms with van der Waals surface area (Å²) >= 11 is 0. The highest BCUT2D eigenvalue weighted by Gasteiger charge is 2.44. The number of hydrogen-bond acceptors (Lipinski definition) is 3. The molecule has 102 valence electrons. The monoisotopic (exact) mass is 249 g/mol. The third kappa shape index (κ3) is 3.05. The van der Waals surface area contributed by atoms with Gasteiger partial charge in [0.1, 0.15) is 5.54 Å². The van der Waals surface area contributed by atoms with Gasteiger partial charge in [-0.1, -0.05) is 6.92 Å². The molecule has 0 radical (unpaired) electrons. The maximum atomic E-state index is 9.53. The Morgan fingerprint density at radius 3 is 2.61 bits per heavy atom. The molecule has 2 saturated carbocycles. The Kier molecular flexibility index (Phi) is 4.29. The lowest BCUT2D eigenvalue weighted by Gasteiger charge is -2.33. The molecule has 0 aromatic heterocycles. The first-order valence-corrected chi connectivity index (χ1v) is 7.55. The molecule has 2 aliphatic carbocycles. The molecule has 2 fully saturated rings. The third-order valence-electron chi connectivity index (χ3n) is 4.37. The highest BCUT2D eigenvalue weighted by molar-refractivity contribution is 5.15. The van der Waals surface area contributed by atoms with Crippen LogP contribution in [-0.2, 0) is 0 Å². The van der Waals surface area contributed by atoms with Crippen LogP contribution in [-0.4, -0.2) is 35.1 Å². The quantitative estimate of drug-likeness (QED) is 0.786. The van der Waals surface area contributed by atoms with Gasteiger partial charge in [-0.05, 0) is 58.9 Å². The molecule has 0 aromatic carbocycles. The first-order valence-electron chi connectivity index (χ1n) is 7.55. The summed E-state index contributed by atoms with van der Waals surface area (Å²) in [6, 6.07) is 4.39. The Morgan fingerprint density at radius 2 is 2.11 bits per heavy atom. The van der Waals surface area contributed by atoms with E-state index in [1.54, 1.807) is 0 Å². The summed E-state index contributed by atoms with van der Waals surface area (Å²) in [5.41, 5.74) is -0.229. The van der Waals surface area contributed by atoms with Crippen LogP contribution in [0.5, 0.6) is 0 Å². The number of nitriles is 1. The maximum absolute atomic E-state index is 9.53. The summed E-state index contributed by atoms with van der Waals surface area (Å²) in [5, 5.41) is 13.1. The Labute approximate surface area is 112 Å². The molecular weight excluding hydrogens is 222 g/mol. The second kappa shape index (κ2) is 5.59. The summed E-state index contributed by atoms with van der Waals surface area (Å²) in [6.07, 6.45) is 6.93. The van der Waals surface area contributed by atoms with Crippen LogP contribution < -0.4 is 5.32 Å². The molecule has 3 nitrogen and oxygen atoms in total. The summed E-state index contributed by atoms with van der Waals surface area (Å²) in [5.74, 6) is 0. The van der Waals surface area contributed by atoms with Crippen molar-refractivity contribution in [2.75, 3.05) is 6.54 Å². The molecule has 3 heteroatoms. The first-order chi connectivity index (χ1) is 8.60. The fourth-order valence-corrected chi connectivity index (χ4v) is 3.31. The predicted molar refractivity (Wildman–Crippen MR) is 74.3 cm³/mol. The molecule has 2 unspecified atom stereocenters. The van der Waals surface area contributed by atoms with Gasteiger partial charge in [0.15, 0.2) is 0 Å². The summed E-state index contributed by atoms with van der Waals surface area (Å²) in [7, 11) is 0. The molecule has 2 rings (SSSR count).